The highest BCUT2D eigenvalue weighted by Crippen LogP contribution is 2.24. The van der Waals surface area contributed by atoms with Crippen LogP contribution in [0.15, 0.2) is 57.9 Å². The lowest BCUT2D eigenvalue weighted by molar-refractivity contribution is -0.512. The first-order valence-electron chi connectivity index (χ1n) is 11.1. The molecule has 0 bridgehead atoms. The number of nitrogens with one attached hydrogen (secondary N) is 2. The standard InChI is InChI=1S/C25H25N7O4/c1-13-5-6-17(24-29-16(4)36-31-24)9-19(13)30-25(35)20-10-28-21-8-7-18(12-32(20)21)23(14(2)26)15(3)27-11-22(33)34/h5-10,12H,11H2,1-4H3,(H4,26,27,30,33,34,35)/p+1. The van der Waals surface area contributed by atoms with E-state index in [4.69, 9.17) is 15.4 Å². The molecular weight excluding hydrogens is 462 g/mol. The Bertz CT molecular complexity index is 1540. The summed E-state index contributed by atoms with van der Waals surface area (Å²) in [5.74, 6) is -0.483. The molecule has 4 aromatic rings. The van der Waals surface area contributed by atoms with Crippen molar-refractivity contribution in [3.63, 3.8) is 0 Å². The largest absolute Gasteiger partial charge is 0.480 e. The van der Waals surface area contributed by atoms with Gasteiger partial charge in [0, 0.05) is 46.8 Å². The minimum absolute atomic E-state index is 0.334. The number of carbonyl (C=O) groups is 2. The zero-order valence-electron chi connectivity index (χ0n) is 20.3. The zero-order chi connectivity index (χ0) is 26.0. The van der Waals surface area contributed by atoms with Crippen LogP contribution in [0.2, 0.25) is 0 Å². The predicted molar refractivity (Wildman–Crippen MR) is 134 cm³/mol. The Morgan fingerprint density at radius 1 is 1.22 bits per heavy atom. The summed E-state index contributed by atoms with van der Waals surface area (Å²) in [6, 6.07) is 9.17. The van der Waals surface area contributed by atoms with Crippen LogP contribution in [0.25, 0.3) is 22.6 Å². The maximum Gasteiger partial charge on any atom is 0.325 e. The molecule has 0 saturated carbocycles. The Morgan fingerprint density at radius 2 is 2.00 bits per heavy atom. The summed E-state index contributed by atoms with van der Waals surface area (Å²) in [5.41, 5.74) is 11.6. The predicted octanol–water partition coefficient (Wildman–Crippen LogP) is 2.91. The molecule has 0 aliphatic carbocycles. The van der Waals surface area contributed by atoms with Gasteiger partial charge in [-0.15, -0.1) is 0 Å². The summed E-state index contributed by atoms with van der Waals surface area (Å²) in [5, 5.41) is 15.9. The van der Waals surface area contributed by atoms with E-state index < -0.39 is 5.97 Å². The number of H-pyrrole nitrogens is 1. The number of carboxylic acid groups (broad SMARTS) is 1. The van der Waals surface area contributed by atoms with Crippen LogP contribution in [0.3, 0.4) is 0 Å². The van der Waals surface area contributed by atoms with Crippen LogP contribution >= 0.6 is 0 Å². The van der Waals surface area contributed by atoms with Gasteiger partial charge in [0.1, 0.15) is 18.9 Å². The second kappa shape index (κ2) is 9.82. The van der Waals surface area contributed by atoms with E-state index in [9.17, 15) is 9.59 Å². The van der Waals surface area contributed by atoms with Gasteiger partial charge < -0.3 is 20.7 Å². The third-order valence-corrected chi connectivity index (χ3v) is 5.57. The number of nitrogens with zero attached hydrogens (tertiary/aromatic N) is 4. The molecule has 1 amide bonds. The number of carbonyl (C=O) groups excluding carboxylic acids is 1. The number of amides is 1. The number of aliphatic imine (C=N–C) groups is 1. The second-order valence-electron chi connectivity index (χ2n) is 8.32. The lowest BCUT2D eigenvalue weighted by Gasteiger charge is -2.10. The van der Waals surface area contributed by atoms with Crippen LogP contribution in [0.4, 0.5) is 5.69 Å². The fourth-order valence-corrected chi connectivity index (χ4v) is 3.84. The number of anilines is 1. The lowest BCUT2D eigenvalue weighted by Crippen LogP contribution is -2.31. The third-order valence-electron chi connectivity index (χ3n) is 5.57. The number of benzene rings is 1. The number of rotatable bonds is 7. The average molecular weight is 489 g/mol. The minimum atomic E-state index is -1.04. The second-order valence-corrected chi connectivity index (χ2v) is 8.32. The molecule has 11 nitrogen and oxygen atoms in total. The molecule has 4 rings (SSSR count). The molecule has 0 atom stereocenters. The van der Waals surface area contributed by atoms with Crippen molar-refractivity contribution in [3.8, 4) is 11.4 Å². The van der Waals surface area contributed by atoms with Crippen molar-refractivity contribution in [1.82, 2.24) is 15.1 Å². The summed E-state index contributed by atoms with van der Waals surface area (Å²) in [6.07, 6.45) is 3.37. The van der Waals surface area contributed by atoms with E-state index in [1.807, 2.05) is 31.2 Å². The summed E-state index contributed by atoms with van der Waals surface area (Å²) in [4.78, 5) is 35.7. The average Bonchev–Trinajstić information content (AvgIpc) is 3.45. The number of aromatic amines is 1. The van der Waals surface area contributed by atoms with Gasteiger partial charge in [-0.25, -0.2) is 4.98 Å². The van der Waals surface area contributed by atoms with Crippen molar-refractivity contribution in [1.29, 1.82) is 0 Å². The van der Waals surface area contributed by atoms with Crippen LogP contribution in [-0.4, -0.2) is 44.4 Å². The number of allylic oxidation sites excluding steroid dienone is 2. The van der Waals surface area contributed by atoms with Crippen LogP contribution in [0, 0.1) is 13.8 Å². The minimum Gasteiger partial charge on any atom is -0.480 e. The van der Waals surface area contributed by atoms with Gasteiger partial charge in [0.2, 0.25) is 17.4 Å². The number of aryl methyl sites for hydroxylation is 2. The fraction of sp³-hybridized carbons (Fsp3) is 0.200. The zero-order valence-corrected chi connectivity index (χ0v) is 20.3. The van der Waals surface area contributed by atoms with Crippen molar-refractivity contribution in [3.05, 3.63) is 71.1 Å². The highest BCUT2D eigenvalue weighted by atomic mass is 16.5. The normalized spacial score (nSPS) is 12.5. The highest BCUT2D eigenvalue weighted by Gasteiger charge is 2.22. The molecule has 0 aliphatic heterocycles. The summed E-state index contributed by atoms with van der Waals surface area (Å²) >= 11 is 0. The third kappa shape index (κ3) is 4.99. The molecule has 11 heteroatoms. The maximum absolute atomic E-state index is 13.3. The monoisotopic (exact) mass is 488 g/mol. The Balaban J connectivity index is 1.68. The van der Waals surface area contributed by atoms with Gasteiger partial charge in [-0.05, 0) is 38.5 Å². The Hall–Kier alpha value is -4.80. The molecule has 0 saturated heterocycles. The molecule has 5 N–H and O–H groups in total. The van der Waals surface area contributed by atoms with Crippen molar-refractivity contribution >= 4 is 34.5 Å². The number of pyridine rings is 1. The number of fused-ring (bicyclic) bond motifs is 1. The van der Waals surface area contributed by atoms with E-state index in [1.165, 1.54) is 0 Å². The first-order chi connectivity index (χ1) is 17.1. The number of imidazole rings is 1. The van der Waals surface area contributed by atoms with Gasteiger partial charge in [-0.3, -0.25) is 14.6 Å². The number of carboxylic acids is 1. The maximum atomic E-state index is 13.3. The van der Waals surface area contributed by atoms with Gasteiger partial charge in [-0.1, -0.05) is 17.3 Å². The smallest absolute Gasteiger partial charge is 0.325 e. The number of aliphatic carboxylic acids is 1. The molecule has 1 aromatic carbocycles. The van der Waals surface area contributed by atoms with Gasteiger partial charge in [-0.2, -0.15) is 9.38 Å². The molecular formula is C25H26N7O4+. The van der Waals surface area contributed by atoms with Gasteiger partial charge >= 0.3 is 5.97 Å². The van der Waals surface area contributed by atoms with E-state index in [0.29, 0.717) is 56.9 Å². The van der Waals surface area contributed by atoms with Gasteiger partial charge in [0.05, 0.1) is 0 Å². The molecule has 0 spiro atoms. The van der Waals surface area contributed by atoms with Crippen molar-refractivity contribution in [2.24, 2.45) is 10.7 Å². The van der Waals surface area contributed by atoms with Crippen LogP contribution < -0.4 is 15.5 Å². The lowest BCUT2D eigenvalue weighted by atomic mass is 10.0. The number of hydrogen-bond acceptors (Lipinski definition) is 7. The van der Waals surface area contributed by atoms with E-state index >= 15 is 0 Å². The Labute approximate surface area is 206 Å². The first-order valence-corrected chi connectivity index (χ1v) is 11.1. The molecule has 184 valence electrons. The van der Waals surface area contributed by atoms with Crippen LogP contribution in [0.1, 0.15) is 41.4 Å². The SMILES string of the molecule is CC(=NCC(=O)O)C(=C(C)N)c1ccc2[nH]cc(C(=O)Nc3cc(-c4noc(C)n4)ccc3C)[n+]2c1. The van der Waals surface area contributed by atoms with Crippen molar-refractivity contribution in [2.45, 2.75) is 27.7 Å². The van der Waals surface area contributed by atoms with Gasteiger partial charge in [0.15, 0.2) is 0 Å². The number of aromatic nitrogens is 4. The van der Waals surface area contributed by atoms with Crippen LogP contribution in [0.5, 0.6) is 0 Å². The molecule has 0 radical (unpaired) electrons. The van der Waals surface area contributed by atoms with E-state index in [2.05, 4.69) is 25.4 Å². The topological polar surface area (TPSA) is 164 Å². The number of hydrogen-bond donors (Lipinski definition) is 4. The van der Waals surface area contributed by atoms with Crippen molar-refractivity contribution < 1.29 is 23.6 Å². The van der Waals surface area contributed by atoms with E-state index in [1.54, 1.807) is 43.6 Å². The van der Waals surface area contributed by atoms with Crippen molar-refractivity contribution in [2.75, 3.05) is 11.9 Å². The summed E-state index contributed by atoms with van der Waals surface area (Å²) in [6.45, 7) is 6.66. The fourth-order valence-electron chi connectivity index (χ4n) is 3.84. The molecule has 0 fully saturated rings. The first kappa shape index (κ1) is 24.3. The van der Waals surface area contributed by atoms with E-state index in [-0.39, 0.29) is 12.5 Å². The van der Waals surface area contributed by atoms with E-state index in [0.717, 1.165) is 5.56 Å². The summed E-state index contributed by atoms with van der Waals surface area (Å²) < 4.78 is 6.77. The van der Waals surface area contributed by atoms with Gasteiger partial charge in [0.25, 0.3) is 11.6 Å². The molecule has 36 heavy (non-hydrogen) atoms. The highest BCUT2D eigenvalue weighted by molar-refractivity contribution is 6.23. The molecule has 0 aliphatic rings. The number of nitrogens with two attached hydrogens (primary N) is 1. The van der Waals surface area contributed by atoms with Crippen LogP contribution in [-0.2, 0) is 4.79 Å². The molecule has 3 heterocycles. The molecule has 0 unspecified atom stereocenters. The Kier molecular flexibility index (Phi) is 6.64. The molecule has 3 aromatic heterocycles. The Morgan fingerprint density at radius 3 is 2.67 bits per heavy atom. The summed E-state index contributed by atoms with van der Waals surface area (Å²) in [7, 11) is 0. The quantitative estimate of drug-likeness (QED) is 0.229.